The molecule has 5 nitrogen and oxygen atoms in total. The van der Waals surface area contributed by atoms with E-state index in [2.05, 4.69) is 5.32 Å². The van der Waals surface area contributed by atoms with Gasteiger partial charge in [-0.1, -0.05) is 0 Å². The maximum absolute atomic E-state index is 8.25. The van der Waals surface area contributed by atoms with Gasteiger partial charge in [-0.05, 0) is 0 Å². The van der Waals surface area contributed by atoms with Crippen LogP contribution in [-0.2, 0) is 4.74 Å². The summed E-state index contributed by atoms with van der Waals surface area (Å²) >= 11 is 0. The summed E-state index contributed by atoms with van der Waals surface area (Å²) in [5, 5.41) is 19.7. The molecule has 0 aliphatic carbocycles. The minimum atomic E-state index is -0.500. The first-order valence-electron chi connectivity index (χ1n) is 2.76. The summed E-state index contributed by atoms with van der Waals surface area (Å²) in [4.78, 5) is 0. The van der Waals surface area contributed by atoms with Crippen LogP contribution < -0.4 is 15.4 Å². The Morgan fingerprint density at radius 1 is 1.18 bits per heavy atom. The molecule has 0 aromatic carbocycles. The van der Waals surface area contributed by atoms with E-state index in [-0.39, 0.29) is 28.5 Å². The van der Waals surface area contributed by atoms with Crippen molar-refractivity contribution >= 4 is 30.7 Å². The van der Waals surface area contributed by atoms with Crippen molar-refractivity contribution in [2.45, 2.75) is 0 Å². The molecule has 1 rings (SSSR count). The normalized spacial score (nSPS) is 14.4. The van der Waals surface area contributed by atoms with Crippen LogP contribution in [0.2, 0.25) is 0 Å². The molecule has 11 heavy (non-hydrogen) atoms. The molecule has 0 aromatic heterocycles. The second-order valence-corrected chi connectivity index (χ2v) is 1.46. The zero-order valence-corrected chi connectivity index (χ0v) is 7.75. The van der Waals surface area contributed by atoms with Gasteiger partial charge < -0.3 is 25.6 Å². The molecule has 0 aromatic rings. The predicted octanol–water partition coefficient (Wildman–Crippen LogP) is -4.36. The van der Waals surface area contributed by atoms with E-state index in [1.54, 1.807) is 0 Å². The van der Waals surface area contributed by atoms with Crippen molar-refractivity contribution in [1.82, 2.24) is 5.32 Å². The predicted molar refractivity (Wildman–Crippen MR) is 38.8 cm³/mol. The SMILES string of the molecule is C1COCCN1.O.[Mg+2].[O-][B][O-]. The second kappa shape index (κ2) is 16.9. The van der Waals surface area contributed by atoms with Crippen LogP contribution in [-0.4, -0.2) is 62.5 Å². The van der Waals surface area contributed by atoms with Crippen LogP contribution in [0.15, 0.2) is 0 Å². The van der Waals surface area contributed by atoms with E-state index in [0.717, 1.165) is 26.3 Å². The molecular formula is C4H11BMgNO4. The fourth-order valence-electron chi connectivity index (χ4n) is 0.516. The Kier molecular flexibility index (Phi) is 27.2. The molecule has 7 heteroatoms. The number of hydrogen-bond donors (Lipinski definition) is 1. The molecule has 0 bridgehead atoms. The summed E-state index contributed by atoms with van der Waals surface area (Å²) in [7, 11) is -0.500. The minimum Gasteiger partial charge on any atom is -0.900 e. The van der Waals surface area contributed by atoms with Crippen molar-refractivity contribution in [2.24, 2.45) is 0 Å². The Morgan fingerprint density at radius 3 is 1.64 bits per heavy atom. The van der Waals surface area contributed by atoms with E-state index < -0.39 is 7.69 Å². The average Bonchev–Trinajstić information content (AvgIpc) is 1.93. The molecule has 0 spiro atoms. The summed E-state index contributed by atoms with van der Waals surface area (Å²) in [6.07, 6.45) is 0. The van der Waals surface area contributed by atoms with Gasteiger partial charge in [0.15, 0.2) is 0 Å². The fraction of sp³-hybridized carbons (Fsp3) is 1.00. The summed E-state index contributed by atoms with van der Waals surface area (Å²) in [6.45, 7) is 3.83. The molecule has 3 N–H and O–H groups in total. The first kappa shape index (κ1) is 17.6. The van der Waals surface area contributed by atoms with Crippen LogP contribution in [0, 0.1) is 0 Å². The third kappa shape index (κ3) is 18.0. The van der Waals surface area contributed by atoms with Gasteiger partial charge in [-0.3, -0.25) is 0 Å². The van der Waals surface area contributed by atoms with Gasteiger partial charge in [-0.15, -0.1) is 0 Å². The van der Waals surface area contributed by atoms with Gasteiger partial charge in [-0.25, -0.2) is 7.69 Å². The zero-order valence-electron chi connectivity index (χ0n) is 6.34. The van der Waals surface area contributed by atoms with E-state index >= 15 is 0 Å². The van der Waals surface area contributed by atoms with Crippen molar-refractivity contribution in [2.75, 3.05) is 26.3 Å². The van der Waals surface area contributed by atoms with Gasteiger partial charge in [0.1, 0.15) is 0 Å². The Hall–Kier alpha value is 0.631. The van der Waals surface area contributed by atoms with Crippen molar-refractivity contribution in [3.8, 4) is 0 Å². The summed E-state index contributed by atoms with van der Waals surface area (Å²) in [5.74, 6) is 0. The average molecular weight is 172 g/mol. The van der Waals surface area contributed by atoms with Gasteiger partial charge in [0.25, 0.3) is 0 Å². The largest absolute Gasteiger partial charge is 2.00 e. The van der Waals surface area contributed by atoms with Crippen molar-refractivity contribution in [3.05, 3.63) is 0 Å². The van der Waals surface area contributed by atoms with Crippen molar-refractivity contribution in [1.29, 1.82) is 0 Å². The molecule has 1 aliphatic heterocycles. The van der Waals surface area contributed by atoms with Crippen molar-refractivity contribution in [3.63, 3.8) is 0 Å². The first-order chi connectivity index (χ1) is 4.41. The van der Waals surface area contributed by atoms with Crippen LogP contribution in [0.25, 0.3) is 0 Å². The molecule has 0 atom stereocenters. The Bertz CT molecular complexity index is 45.8. The molecule has 1 radical (unpaired) electrons. The van der Waals surface area contributed by atoms with Crippen LogP contribution in [0.4, 0.5) is 0 Å². The summed E-state index contributed by atoms with van der Waals surface area (Å²) in [6, 6.07) is 0. The summed E-state index contributed by atoms with van der Waals surface area (Å²) < 4.78 is 5.01. The van der Waals surface area contributed by atoms with E-state index in [1.807, 2.05) is 0 Å². The molecule has 1 heterocycles. The Labute approximate surface area is 82.9 Å². The molecule has 1 saturated heterocycles. The number of hydrogen-bond acceptors (Lipinski definition) is 4. The maximum atomic E-state index is 8.25. The number of ether oxygens (including phenoxy) is 1. The molecule has 0 amide bonds. The quantitative estimate of drug-likeness (QED) is 0.373. The molecule has 1 aliphatic rings. The number of morpholine rings is 1. The van der Waals surface area contributed by atoms with Gasteiger partial charge >= 0.3 is 23.1 Å². The van der Waals surface area contributed by atoms with Crippen LogP contribution >= 0.6 is 0 Å². The van der Waals surface area contributed by atoms with Gasteiger partial charge in [0, 0.05) is 13.1 Å². The van der Waals surface area contributed by atoms with E-state index in [0.29, 0.717) is 0 Å². The topological polar surface area (TPSA) is 98.9 Å². The molecule has 0 saturated carbocycles. The third-order valence-electron chi connectivity index (χ3n) is 0.846. The van der Waals surface area contributed by atoms with Crippen molar-refractivity contribution < 1.29 is 20.3 Å². The third-order valence-corrected chi connectivity index (χ3v) is 0.846. The molecular weight excluding hydrogens is 161 g/mol. The van der Waals surface area contributed by atoms with E-state index in [9.17, 15) is 0 Å². The van der Waals surface area contributed by atoms with Crippen LogP contribution in [0.1, 0.15) is 0 Å². The van der Waals surface area contributed by atoms with Gasteiger partial charge in [0.05, 0.1) is 13.2 Å². The Balaban J connectivity index is -0.000000116. The van der Waals surface area contributed by atoms with Gasteiger partial charge in [-0.2, -0.15) is 0 Å². The first-order valence-corrected chi connectivity index (χ1v) is 2.76. The Morgan fingerprint density at radius 2 is 1.55 bits per heavy atom. The smallest absolute Gasteiger partial charge is 0.900 e. The van der Waals surface area contributed by atoms with Gasteiger partial charge in [0.2, 0.25) is 0 Å². The standard InChI is InChI=1S/C4H9NO.BO2.Mg.H2O/c1-3-6-4-2-5-1;2-1-3;;/h5H,1-4H2;;;1H2/q;-2;+2;. The van der Waals surface area contributed by atoms with Crippen LogP contribution in [0.5, 0.6) is 0 Å². The van der Waals surface area contributed by atoms with Crippen LogP contribution in [0.3, 0.4) is 0 Å². The number of nitrogens with one attached hydrogen (secondary N) is 1. The molecule has 0 unspecified atom stereocenters. The minimum absolute atomic E-state index is 0. The molecule has 1 fully saturated rings. The zero-order chi connectivity index (χ0) is 6.95. The van der Waals surface area contributed by atoms with E-state index in [4.69, 9.17) is 14.8 Å². The summed E-state index contributed by atoms with van der Waals surface area (Å²) in [5.41, 5.74) is 0. The maximum Gasteiger partial charge on any atom is 2.00 e. The monoisotopic (exact) mass is 172 g/mol. The molecule has 61 valence electrons. The van der Waals surface area contributed by atoms with E-state index in [1.165, 1.54) is 0 Å². The fourth-order valence-corrected chi connectivity index (χ4v) is 0.516. The number of rotatable bonds is 0. The second-order valence-electron chi connectivity index (χ2n) is 1.46.